The molecule has 6 nitrogen and oxygen atoms in total. The van der Waals surface area contributed by atoms with Crippen LogP contribution in [0.25, 0.3) is 0 Å². The summed E-state index contributed by atoms with van der Waals surface area (Å²) in [5, 5.41) is 0. The minimum Gasteiger partial charge on any atom is -0.497 e. The van der Waals surface area contributed by atoms with E-state index < -0.39 is 11.5 Å². The van der Waals surface area contributed by atoms with Gasteiger partial charge < -0.3 is 19.1 Å². The van der Waals surface area contributed by atoms with Gasteiger partial charge >= 0.3 is 5.97 Å². The van der Waals surface area contributed by atoms with E-state index in [0.717, 1.165) is 5.56 Å². The quantitative estimate of drug-likeness (QED) is 0.680. The van der Waals surface area contributed by atoms with Crippen molar-refractivity contribution in [2.24, 2.45) is 0 Å². The second-order valence-corrected chi connectivity index (χ2v) is 7.28. The summed E-state index contributed by atoms with van der Waals surface area (Å²) in [4.78, 5) is 26.9. The molecule has 0 unspecified atom stereocenters. The molecule has 0 aromatic heterocycles. The molecule has 0 bridgehead atoms. The zero-order chi connectivity index (χ0) is 20.7. The van der Waals surface area contributed by atoms with Crippen LogP contribution in [-0.2, 0) is 16.1 Å². The monoisotopic (exact) mass is 385 g/mol. The normalized spacial score (nSPS) is 10.9. The second kappa shape index (κ2) is 9.26. The molecule has 0 saturated carbocycles. The molecule has 0 saturated heterocycles. The van der Waals surface area contributed by atoms with Gasteiger partial charge in [0, 0.05) is 18.2 Å². The predicted molar refractivity (Wildman–Crippen MR) is 107 cm³/mol. The lowest BCUT2D eigenvalue weighted by Crippen LogP contribution is -2.46. The van der Waals surface area contributed by atoms with E-state index >= 15 is 0 Å². The van der Waals surface area contributed by atoms with Crippen molar-refractivity contribution >= 4 is 11.9 Å². The first-order valence-corrected chi connectivity index (χ1v) is 9.00. The molecule has 6 heteroatoms. The highest BCUT2D eigenvalue weighted by Crippen LogP contribution is 2.25. The standard InChI is InChI=1S/C22H27NO5/c1-22(2,3)23(14-16-9-7-6-8-10-16)20(24)15-28-21(25)18-12-11-17(26-4)13-19(18)27-5/h6-13H,14-15H2,1-5H3. The van der Waals surface area contributed by atoms with E-state index in [9.17, 15) is 9.59 Å². The molecule has 2 rings (SSSR count). The van der Waals surface area contributed by atoms with Gasteiger partial charge in [-0.25, -0.2) is 4.79 Å². The Morgan fingerprint density at radius 3 is 2.21 bits per heavy atom. The maximum Gasteiger partial charge on any atom is 0.342 e. The Balaban J connectivity index is 2.08. The Labute approximate surface area is 166 Å². The van der Waals surface area contributed by atoms with Crippen LogP contribution in [-0.4, -0.2) is 43.1 Å². The zero-order valence-electron chi connectivity index (χ0n) is 17.0. The molecule has 2 aromatic rings. The summed E-state index contributed by atoms with van der Waals surface area (Å²) in [5.41, 5.74) is 0.826. The maximum absolute atomic E-state index is 12.8. The third kappa shape index (κ3) is 5.49. The molecule has 1 amide bonds. The van der Waals surface area contributed by atoms with E-state index in [1.165, 1.54) is 14.2 Å². The Morgan fingerprint density at radius 2 is 1.64 bits per heavy atom. The zero-order valence-corrected chi connectivity index (χ0v) is 17.0. The van der Waals surface area contributed by atoms with E-state index in [0.29, 0.717) is 18.0 Å². The minimum absolute atomic E-state index is 0.237. The number of hydrogen-bond acceptors (Lipinski definition) is 5. The summed E-state index contributed by atoms with van der Waals surface area (Å²) in [6.45, 7) is 5.93. The Hall–Kier alpha value is -3.02. The number of rotatable bonds is 7. The summed E-state index contributed by atoms with van der Waals surface area (Å²) in [7, 11) is 2.98. The van der Waals surface area contributed by atoms with Crippen molar-refractivity contribution in [2.75, 3.05) is 20.8 Å². The molecule has 0 radical (unpaired) electrons. The van der Waals surface area contributed by atoms with Crippen molar-refractivity contribution in [1.29, 1.82) is 0 Å². The summed E-state index contributed by atoms with van der Waals surface area (Å²) < 4.78 is 15.6. The highest BCUT2D eigenvalue weighted by Gasteiger charge is 2.27. The number of esters is 1. The van der Waals surface area contributed by atoms with Crippen LogP contribution < -0.4 is 9.47 Å². The number of carbonyl (C=O) groups is 2. The first-order chi connectivity index (χ1) is 13.3. The summed E-state index contributed by atoms with van der Waals surface area (Å²) in [5.74, 6) is -0.00129. The fourth-order valence-corrected chi connectivity index (χ4v) is 2.72. The Bertz CT molecular complexity index is 811. The number of nitrogens with zero attached hydrogens (tertiary/aromatic N) is 1. The van der Waals surface area contributed by atoms with Gasteiger partial charge in [-0.15, -0.1) is 0 Å². The number of amides is 1. The van der Waals surface area contributed by atoms with E-state index in [1.54, 1.807) is 23.1 Å². The number of ether oxygens (including phenoxy) is 3. The number of methoxy groups -OCH3 is 2. The summed E-state index contributed by atoms with van der Waals surface area (Å²) in [6, 6.07) is 14.5. The molecule has 0 N–H and O–H groups in total. The van der Waals surface area contributed by atoms with Gasteiger partial charge in [-0.2, -0.15) is 0 Å². The largest absolute Gasteiger partial charge is 0.497 e. The third-order valence-electron chi connectivity index (χ3n) is 4.25. The average molecular weight is 385 g/mol. The van der Waals surface area contributed by atoms with Gasteiger partial charge in [0.1, 0.15) is 17.1 Å². The number of benzene rings is 2. The van der Waals surface area contributed by atoms with Crippen LogP contribution in [0.5, 0.6) is 11.5 Å². The molecule has 0 fully saturated rings. The molecular formula is C22H27NO5. The fraction of sp³-hybridized carbons (Fsp3) is 0.364. The fourth-order valence-electron chi connectivity index (χ4n) is 2.72. The summed E-state index contributed by atoms with van der Waals surface area (Å²) >= 11 is 0. The van der Waals surface area contributed by atoms with Crippen molar-refractivity contribution in [2.45, 2.75) is 32.9 Å². The van der Waals surface area contributed by atoms with Crippen LogP contribution in [0.3, 0.4) is 0 Å². The van der Waals surface area contributed by atoms with Crippen LogP contribution in [0.2, 0.25) is 0 Å². The Kier molecular flexibility index (Phi) is 7.04. The molecule has 0 spiro atoms. The first kappa shape index (κ1) is 21.3. The van der Waals surface area contributed by atoms with Crippen molar-refractivity contribution in [3.63, 3.8) is 0 Å². The van der Waals surface area contributed by atoms with Gasteiger partial charge in [-0.05, 0) is 38.5 Å². The molecule has 0 atom stereocenters. The van der Waals surface area contributed by atoms with Gasteiger partial charge in [-0.3, -0.25) is 4.79 Å². The second-order valence-electron chi connectivity index (χ2n) is 7.28. The highest BCUT2D eigenvalue weighted by molar-refractivity contribution is 5.94. The minimum atomic E-state index is -0.624. The van der Waals surface area contributed by atoms with Gasteiger partial charge in [0.15, 0.2) is 6.61 Å². The van der Waals surface area contributed by atoms with E-state index in [2.05, 4.69) is 0 Å². The van der Waals surface area contributed by atoms with Gasteiger partial charge in [-0.1, -0.05) is 30.3 Å². The van der Waals surface area contributed by atoms with E-state index in [4.69, 9.17) is 14.2 Å². The molecule has 28 heavy (non-hydrogen) atoms. The maximum atomic E-state index is 12.8. The van der Waals surface area contributed by atoms with E-state index in [-0.39, 0.29) is 18.1 Å². The van der Waals surface area contributed by atoms with Gasteiger partial charge in [0.2, 0.25) is 0 Å². The average Bonchev–Trinajstić information content (AvgIpc) is 2.69. The predicted octanol–water partition coefficient (Wildman–Crippen LogP) is 3.69. The van der Waals surface area contributed by atoms with Gasteiger partial charge in [0.25, 0.3) is 5.91 Å². The van der Waals surface area contributed by atoms with Crippen LogP contribution in [0.15, 0.2) is 48.5 Å². The molecule has 0 aliphatic rings. The molecule has 0 aliphatic heterocycles. The topological polar surface area (TPSA) is 65.1 Å². The molecule has 0 heterocycles. The van der Waals surface area contributed by atoms with Crippen LogP contribution >= 0.6 is 0 Å². The molecule has 0 aliphatic carbocycles. The highest BCUT2D eigenvalue weighted by atomic mass is 16.5. The smallest absolute Gasteiger partial charge is 0.342 e. The van der Waals surface area contributed by atoms with Crippen molar-refractivity contribution in [3.8, 4) is 11.5 Å². The third-order valence-corrected chi connectivity index (χ3v) is 4.25. The van der Waals surface area contributed by atoms with Crippen LogP contribution in [0.1, 0.15) is 36.7 Å². The number of hydrogen-bond donors (Lipinski definition) is 0. The Morgan fingerprint density at radius 1 is 0.964 bits per heavy atom. The van der Waals surface area contributed by atoms with Crippen molar-refractivity contribution < 1.29 is 23.8 Å². The molecule has 150 valence electrons. The van der Waals surface area contributed by atoms with E-state index in [1.807, 2.05) is 51.1 Å². The number of carbonyl (C=O) groups excluding carboxylic acids is 2. The SMILES string of the molecule is COc1ccc(C(=O)OCC(=O)N(Cc2ccccc2)C(C)(C)C)c(OC)c1. The van der Waals surface area contributed by atoms with Crippen molar-refractivity contribution in [3.05, 3.63) is 59.7 Å². The lowest BCUT2D eigenvalue weighted by atomic mass is 10.0. The first-order valence-electron chi connectivity index (χ1n) is 9.00. The molecular weight excluding hydrogens is 358 g/mol. The lowest BCUT2D eigenvalue weighted by molar-refractivity contribution is -0.140. The van der Waals surface area contributed by atoms with Crippen molar-refractivity contribution in [1.82, 2.24) is 4.90 Å². The van der Waals surface area contributed by atoms with Crippen LogP contribution in [0.4, 0.5) is 0 Å². The summed E-state index contributed by atoms with van der Waals surface area (Å²) in [6.07, 6.45) is 0. The van der Waals surface area contributed by atoms with Gasteiger partial charge in [0.05, 0.1) is 14.2 Å². The lowest BCUT2D eigenvalue weighted by Gasteiger charge is -2.35. The molecule has 2 aromatic carbocycles. The van der Waals surface area contributed by atoms with Crippen LogP contribution in [0, 0.1) is 0 Å².